The van der Waals surface area contributed by atoms with Crippen LogP contribution in [0.2, 0.25) is 0 Å². The summed E-state index contributed by atoms with van der Waals surface area (Å²) >= 11 is 1.62. The lowest BCUT2D eigenvalue weighted by Gasteiger charge is -2.15. The number of carbonyl (C=O) groups excluding carboxylic acids is 2. The summed E-state index contributed by atoms with van der Waals surface area (Å²) in [4.78, 5) is 23.7. The van der Waals surface area contributed by atoms with Gasteiger partial charge in [-0.1, -0.05) is 11.6 Å². The molecule has 6 heteroatoms. The molecule has 0 unspecified atom stereocenters. The molecular formula is C19H28N2O3S. The Labute approximate surface area is 153 Å². The van der Waals surface area contributed by atoms with E-state index in [1.165, 1.54) is 24.0 Å². The van der Waals surface area contributed by atoms with Gasteiger partial charge in [0.1, 0.15) is 0 Å². The normalized spacial score (nSPS) is 15.3. The van der Waals surface area contributed by atoms with E-state index in [1.54, 1.807) is 11.3 Å². The SMILES string of the molecule is O=C(NCCC1=CCCCC1)C(=O)NCC[C@H](CCO)c1ccsc1. The van der Waals surface area contributed by atoms with E-state index in [4.69, 9.17) is 0 Å². The van der Waals surface area contributed by atoms with Gasteiger partial charge in [-0.15, -0.1) is 0 Å². The van der Waals surface area contributed by atoms with Crippen molar-refractivity contribution in [2.24, 2.45) is 0 Å². The van der Waals surface area contributed by atoms with Crippen molar-refractivity contribution in [2.45, 2.75) is 50.9 Å². The molecule has 5 nitrogen and oxygen atoms in total. The molecular weight excluding hydrogens is 336 g/mol. The van der Waals surface area contributed by atoms with Crippen LogP contribution in [0.5, 0.6) is 0 Å². The zero-order chi connectivity index (χ0) is 17.9. The molecule has 0 aliphatic heterocycles. The molecule has 0 fully saturated rings. The van der Waals surface area contributed by atoms with Gasteiger partial charge in [-0.25, -0.2) is 0 Å². The average Bonchev–Trinajstić information content (AvgIpc) is 3.16. The molecule has 1 aromatic rings. The van der Waals surface area contributed by atoms with Gasteiger partial charge in [-0.3, -0.25) is 9.59 Å². The van der Waals surface area contributed by atoms with Gasteiger partial charge >= 0.3 is 11.8 Å². The molecule has 3 N–H and O–H groups in total. The molecule has 0 saturated heterocycles. The summed E-state index contributed by atoms with van der Waals surface area (Å²) in [5.41, 5.74) is 2.56. The van der Waals surface area contributed by atoms with Crippen molar-refractivity contribution in [1.29, 1.82) is 0 Å². The lowest BCUT2D eigenvalue weighted by molar-refractivity contribution is -0.139. The third-order valence-electron chi connectivity index (χ3n) is 4.59. The highest BCUT2D eigenvalue weighted by molar-refractivity contribution is 7.07. The predicted octanol–water partition coefficient (Wildman–Crippen LogP) is 2.73. The molecule has 1 atom stereocenters. The van der Waals surface area contributed by atoms with E-state index in [1.807, 2.05) is 11.4 Å². The van der Waals surface area contributed by atoms with Crippen LogP contribution in [0.15, 0.2) is 28.5 Å². The first kappa shape index (κ1) is 19.7. The highest BCUT2D eigenvalue weighted by atomic mass is 32.1. The maximum absolute atomic E-state index is 11.9. The molecule has 0 saturated carbocycles. The second-order valence-electron chi connectivity index (χ2n) is 6.42. The number of hydrogen-bond donors (Lipinski definition) is 3. The molecule has 25 heavy (non-hydrogen) atoms. The number of rotatable bonds is 9. The fraction of sp³-hybridized carbons (Fsp3) is 0.579. The Morgan fingerprint density at radius 1 is 1.16 bits per heavy atom. The summed E-state index contributed by atoms with van der Waals surface area (Å²) < 4.78 is 0. The van der Waals surface area contributed by atoms with Crippen LogP contribution in [0.4, 0.5) is 0 Å². The van der Waals surface area contributed by atoms with Crippen LogP contribution in [0.25, 0.3) is 0 Å². The van der Waals surface area contributed by atoms with Crippen LogP contribution in [0.1, 0.15) is 56.4 Å². The molecule has 2 amide bonds. The summed E-state index contributed by atoms with van der Waals surface area (Å²) in [7, 11) is 0. The minimum absolute atomic E-state index is 0.116. The molecule has 2 rings (SSSR count). The first-order chi connectivity index (χ1) is 12.2. The van der Waals surface area contributed by atoms with Crippen LogP contribution >= 0.6 is 11.3 Å². The smallest absolute Gasteiger partial charge is 0.309 e. The van der Waals surface area contributed by atoms with E-state index in [0.29, 0.717) is 25.9 Å². The Morgan fingerprint density at radius 2 is 1.96 bits per heavy atom. The minimum Gasteiger partial charge on any atom is -0.396 e. The molecule has 0 bridgehead atoms. The topological polar surface area (TPSA) is 78.4 Å². The third-order valence-corrected chi connectivity index (χ3v) is 5.29. The van der Waals surface area contributed by atoms with Crippen molar-refractivity contribution < 1.29 is 14.7 Å². The summed E-state index contributed by atoms with van der Waals surface area (Å²) in [5, 5.41) is 18.6. The Balaban J connectivity index is 1.64. The van der Waals surface area contributed by atoms with Gasteiger partial charge in [0.2, 0.25) is 0 Å². The van der Waals surface area contributed by atoms with Crippen LogP contribution in [-0.2, 0) is 9.59 Å². The zero-order valence-corrected chi connectivity index (χ0v) is 15.4. The lowest BCUT2D eigenvalue weighted by Crippen LogP contribution is -2.40. The Morgan fingerprint density at radius 3 is 2.60 bits per heavy atom. The number of carbonyl (C=O) groups is 2. The van der Waals surface area contributed by atoms with Crippen LogP contribution in [0.3, 0.4) is 0 Å². The van der Waals surface area contributed by atoms with E-state index >= 15 is 0 Å². The Hall–Kier alpha value is -1.66. The fourth-order valence-corrected chi connectivity index (χ4v) is 3.87. The van der Waals surface area contributed by atoms with Gasteiger partial charge in [-0.05, 0) is 73.3 Å². The van der Waals surface area contributed by atoms with E-state index < -0.39 is 11.8 Å². The Bertz CT molecular complexity index is 569. The summed E-state index contributed by atoms with van der Waals surface area (Å²) in [5.74, 6) is -0.936. The monoisotopic (exact) mass is 364 g/mol. The predicted molar refractivity (Wildman–Crippen MR) is 101 cm³/mol. The number of thiophene rings is 1. The maximum Gasteiger partial charge on any atom is 0.309 e. The number of aliphatic hydroxyl groups is 1. The van der Waals surface area contributed by atoms with Crippen LogP contribution in [0, 0.1) is 0 Å². The average molecular weight is 365 g/mol. The number of hydrogen-bond acceptors (Lipinski definition) is 4. The number of allylic oxidation sites excluding steroid dienone is 1. The molecule has 0 spiro atoms. The van der Waals surface area contributed by atoms with Crippen molar-refractivity contribution in [1.82, 2.24) is 10.6 Å². The van der Waals surface area contributed by atoms with E-state index in [2.05, 4.69) is 22.1 Å². The standard InChI is InChI=1S/C19H28N2O3S/c22-12-8-16(17-9-13-25-14-17)7-11-21-19(24)18(23)20-10-6-15-4-2-1-3-5-15/h4,9,13-14,16,22H,1-3,5-8,10-12H2,(H,20,23)(H,21,24)/t16-/m1/s1. The molecule has 1 aliphatic carbocycles. The number of aliphatic hydroxyl groups excluding tert-OH is 1. The van der Waals surface area contributed by atoms with Crippen molar-refractivity contribution in [3.63, 3.8) is 0 Å². The van der Waals surface area contributed by atoms with Crippen molar-refractivity contribution in [3.05, 3.63) is 34.0 Å². The van der Waals surface area contributed by atoms with E-state index in [9.17, 15) is 14.7 Å². The van der Waals surface area contributed by atoms with Crippen molar-refractivity contribution in [2.75, 3.05) is 19.7 Å². The van der Waals surface area contributed by atoms with Gasteiger partial charge < -0.3 is 15.7 Å². The quantitative estimate of drug-likeness (QED) is 0.466. The molecule has 1 heterocycles. The van der Waals surface area contributed by atoms with Gasteiger partial charge in [0.15, 0.2) is 0 Å². The second-order valence-corrected chi connectivity index (χ2v) is 7.20. The van der Waals surface area contributed by atoms with Crippen LogP contribution in [-0.4, -0.2) is 36.6 Å². The molecule has 0 aromatic carbocycles. The summed E-state index contributed by atoms with van der Waals surface area (Å²) in [6.45, 7) is 1.06. The molecule has 0 radical (unpaired) electrons. The van der Waals surface area contributed by atoms with E-state index in [0.717, 1.165) is 19.3 Å². The van der Waals surface area contributed by atoms with E-state index in [-0.39, 0.29) is 12.5 Å². The molecule has 1 aromatic heterocycles. The summed E-state index contributed by atoms with van der Waals surface area (Å²) in [6, 6.07) is 2.04. The Kier molecular flexibility index (Phi) is 8.69. The van der Waals surface area contributed by atoms with Gasteiger partial charge in [0.25, 0.3) is 0 Å². The fourth-order valence-electron chi connectivity index (χ4n) is 3.13. The van der Waals surface area contributed by atoms with Crippen molar-refractivity contribution >= 4 is 23.2 Å². The zero-order valence-electron chi connectivity index (χ0n) is 14.6. The second kappa shape index (κ2) is 11.1. The maximum atomic E-state index is 11.9. The number of nitrogens with one attached hydrogen (secondary N) is 2. The first-order valence-corrected chi connectivity index (χ1v) is 10.0. The minimum atomic E-state index is -0.578. The largest absolute Gasteiger partial charge is 0.396 e. The highest BCUT2D eigenvalue weighted by Crippen LogP contribution is 2.24. The summed E-state index contributed by atoms with van der Waals surface area (Å²) in [6.07, 6.45) is 9.16. The van der Waals surface area contributed by atoms with Gasteiger partial charge in [0, 0.05) is 19.7 Å². The lowest BCUT2D eigenvalue weighted by atomic mass is 9.95. The molecule has 1 aliphatic rings. The molecule has 138 valence electrons. The van der Waals surface area contributed by atoms with Crippen LogP contribution < -0.4 is 10.6 Å². The highest BCUT2D eigenvalue weighted by Gasteiger charge is 2.15. The first-order valence-electron chi connectivity index (χ1n) is 9.07. The van der Waals surface area contributed by atoms with Gasteiger partial charge in [0.05, 0.1) is 0 Å². The van der Waals surface area contributed by atoms with Crippen molar-refractivity contribution in [3.8, 4) is 0 Å². The number of amides is 2. The third kappa shape index (κ3) is 7.00. The van der Waals surface area contributed by atoms with Gasteiger partial charge in [-0.2, -0.15) is 11.3 Å².